The van der Waals surface area contributed by atoms with Gasteiger partial charge < -0.3 is 4.57 Å². The molecule has 5 aromatic rings. The van der Waals surface area contributed by atoms with E-state index in [2.05, 4.69) is 60.0 Å². The van der Waals surface area contributed by atoms with Gasteiger partial charge in [0.25, 0.3) is 0 Å². The van der Waals surface area contributed by atoms with Crippen molar-refractivity contribution in [1.82, 2.24) is 9.55 Å². The lowest BCUT2D eigenvalue weighted by atomic mass is 10.0. The van der Waals surface area contributed by atoms with Crippen LogP contribution in [0.2, 0.25) is 0 Å². The Bertz CT molecular complexity index is 1320. The van der Waals surface area contributed by atoms with E-state index < -0.39 is 0 Å². The number of hydrogen-bond acceptors (Lipinski definition) is 1. The van der Waals surface area contributed by atoms with Crippen molar-refractivity contribution in [3.8, 4) is 33.9 Å². The molecule has 3 heteroatoms. The Morgan fingerprint density at radius 2 is 1.25 bits per heavy atom. The first-order valence-electron chi connectivity index (χ1n) is 10.7. The fraction of sp³-hybridized carbons (Fsp3) is 0.0690. The van der Waals surface area contributed by atoms with Crippen LogP contribution in [-0.4, -0.2) is 9.55 Å². The normalized spacial score (nSPS) is 10.9. The highest BCUT2D eigenvalue weighted by molar-refractivity contribution is 5.82. The molecule has 0 aliphatic carbocycles. The molecule has 156 valence electrons. The van der Waals surface area contributed by atoms with Crippen molar-refractivity contribution in [1.29, 1.82) is 0 Å². The van der Waals surface area contributed by atoms with E-state index in [9.17, 15) is 4.39 Å². The van der Waals surface area contributed by atoms with Crippen molar-refractivity contribution in [2.24, 2.45) is 0 Å². The van der Waals surface area contributed by atoms with Gasteiger partial charge in [-0.3, -0.25) is 0 Å². The van der Waals surface area contributed by atoms with Crippen LogP contribution in [-0.2, 0) is 6.54 Å². The van der Waals surface area contributed by atoms with Crippen molar-refractivity contribution in [2.45, 2.75) is 13.5 Å². The van der Waals surface area contributed by atoms with E-state index in [0.717, 1.165) is 33.9 Å². The Kier molecular flexibility index (Phi) is 5.39. The summed E-state index contributed by atoms with van der Waals surface area (Å²) in [6, 6.07) is 35.7. The molecule has 0 fully saturated rings. The topological polar surface area (TPSA) is 17.8 Å². The number of aryl methyl sites for hydroxylation is 1. The number of halogens is 1. The minimum Gasteiger partial charge on any atom is -0.319 e. The third-order valence-electron chi connectivity index (χ3n) is 5.63. The quantitative estimate of drug-likeness (QED) is 0.291. The lowest BCUT2D eigenvalue weighted by molar-refractivity contribution is 0.628. The molecular weight excluding hydrogens is 395 g/mol. The van der Waals surface area contributed by atoms with E-state index in [1.807, 2.05) is 36.4 Å². The summed E-state index contributed by atoms with van der Waals surface area (Å²) in [5.41, 5.74) is 7.41. The van der Waals surface area contributed by atoms with Gasteiger partial charge in [-0.1, -0.05) is 90.5 Å². The first-order valence-corrected chi connectivity index (χ1v) is 10.7. The number of hydrogen-bond donors (Lipinski definition) is 0. The highest BCUT2D eigenvalue weighted by Gasteiger charge is 2.21. The number of benzene rings is 4. The fourth-order valence-electron chi connectivity index (χ4n) is 3.99. The van der Waals surface area contributed by atoms with Crippen LogP contribution in [0.25, 0.3) is 33.9 Å². The van der Waals surface area contributed by atoms with Crippen LogP contribution >= 0.6 is 0 Å². The molecule has 1 aromatic heterocycles. The molecule has 0 unspecified atom stereocenters. The zero-order valence-corrected chi connectivity index (χ0v) is 17.9. The summed E-state index contributed by atoms with van der Waals surface area (Å²) in [6.45, 7) is 2.75. The molecule has 0 N–H and O–H groups in total. The molecular formula is C29H23FN2. The molecule has 1 heterocycles. The largest absolute Gasteiger partial charge is 0.319 e. The summed E-state index contributed by atoms with van der Waals surface area (Å²) in [5, 5.41) is 0. The van der Waals surface area contributed by atoms with E-state index >= 15 is 0 Å². The zero-order chi connectivity index (χ0) is 21.9. The minimum atomic E-state index is -0.253. The Labute approximate surface area is 187 Å². The second-order valence-electron chi connectivity index (χ2n) is 7.94. The summed E-state index contributed by atoms with van der Waals surface area (Å²) >= 11 is 0. The molecule has 0 aliphatic heterocycles. The zero-order valence-electron chi connectivity index (χ0n) is 17.9. The molecule has 0 saturated heterocycles. The smallest absolute Gasteiger partial charge is 0.141 e. The Morgan fingerprint density at radius 3 is 1.91 bits per heavy atom. The van der Waals surface area contributed by atoms with Crippen LogP contribution in [0.3, 0.4) is 0 Å². The van der Waals surface area contributed by atoms with Crippen molar-refractivity contribution in [3.63, 3.8) is 0 Å². The maximum Gasteiger partial charge on any atom is 0.141 e. The van der Waals surface area contributed by atoms with Gasteiger partial charge >= 0.3 is 0 Å². The van der Waals surface area contributed by atoms with Crippen LogP contribution < -0.4 is 0 Å². The van der Waals surface area contributed by atoms with E-state index in [-0.39, 0.29) is 5.82 Å². The molecule has 0 saturated carbocycles. The predicted molar refractivity (Wildman–Crippen MR) is 129 cm³/mol. The maximum atomic E-state index is 13.7. The number of nitrogens with zero attached hydrogens (tertiary/aromatic N) is 2. The van der Waals surface area contributed by atoms with Crippen molar-refractivity contribution < 1.29 is 4.39 Å². The molecule has 2 nitrogen and oxygen atoms in total. The first-order chi connectivity index (χ1) is 15.7. The SMILES string of the molecule is Cc1ccc(-c2c(-c3ccccc3)nc(-c3ccc(F)cc3)n2Cc2ccccc2)cc1. The van der Waals surface area contributed by atoms with Gasteiger partial charge in [0.15, 0.2) is 0 Å². The summed E-state index contributed by atoms with van der Waals surface area (Å²) in [4.78, 5) is 5.12. The second-order valence-corrected chi connectivity index (χ2v) is 7.94. The Hall–Kier alpha value is -3.98. The van der Waals surface area contributed by atoms with Gasteiger partial charge in [0.05, 0.1) is 11.4 Å². The van der Waals surface area contributed by atoms with E-state index in [1.165, 1.54) is 23.3 Å². The van der Waals surface area contributed by atoms with Gasteiger partial charge in [-0.25, -0.2) is 9.37 Å². The van der Waals surface area contributed by atoms with Crippen LogP contribution in [0.1, 0.15) is 11.1 Å². The Morgan fingerprint density at radius 1 is 0.656 bits per heavy atom. The fourth-order valence-corrected chi connectivity index (χ4v) is 3.99. The molecule has 0 spiro atoms. The lowest BCUT2D eigenvalue weighted by Crippen LogP contribution is -2.04. The van der Waals surface area contributed by atoms with E-state index in [1.54, 1.807) is 12.1 Å². The highest BCUT2D eigenvalue weighted by Crippen LogP contribution is 2.37. The Balaban J connectivity index is 1.79. The van der Waals surface area contributed by atoms with Crippen LogP contribution in [0.4, 0.5) is 4.39 Å². The van der Waals surface area contributed by atoms with Crippen molar-refractivity contribution in [3.05, 3.63) is 126 Å². The van der Waals surface area contributed by atoms with Gasteiger partial charge in [-0.2, -0.15) is 0 Å². The minimum absolute atomic E-state index is 0.253. The monoisotopic (exact) mass is 418 g/mol. The average molecular weight is 419 g/mol. The van der Waals surface area contributed by atoms with Gasteiger partial charge in [0.1, 0.15) is 11.6 Å². The number of aromatic nitrogens is 2. The molecule has 0 bridgehead atoms. The van der Waals surface area contributed by atoms with Gasteiger partial charge in [0, 0.05) is 23.2 Å². The van der Waals surface area contributed by atoms with E-state index in [0.29, 0.717) is 6.54 Å². The maximum absolute atomic E-state index is 13.7. The molecule has 32 heavy (non-hydrogen) atoms. The van der Waals surface area contributed by atoms with Crippen LogP contribution in [0, 0.1) is 12.7 Å². The third-order valence-corrected chi connectivity index (χ3v) is 5.63. The summed E-state index contributed by atoms with van der Waals surface area (Å²) in [5.74, 6) is 0.570. The average Bonchev–Trinajstić information content (AvgIpc) is 3.20. The summed E-state index contributed by atoms with van der Waals surface area (Å²) < 4.78 is 15.9. The molecule has 0 aliphatic rings. The molecule has 0 radical (unpaired) electrons. The molecule has 5 rings (SSSR count). The third kappa shape index (κ3) is 3.97. The molecule has 0 atom stereocenters. The van der Waals surface area contributed by atoms with Gasteiger partial charge in [0.2, 0.25) is 0 Å². The standard InChI is InChI=1S/C29H23FN2/c1-21-12-14-24(15-13-21)28-27(23-10-6-3-7-11-23)31-29(25-16-18-26(30)19-17-25)32(28)20-22-8-4-2-5-9-22/h2-19H,20H2,1H3. The van der Waals surface area contributed by atoms with Crippen LogP contribution in [0.5, 0.6) is 0 Å². The molecule has 0 amide bonds. The first kappa shape index (κ1) is 20.0. The number of imidazole rings is 1. The lowest BCUT2D eigenvalue weighted by Gasteiger charge is -2.14. The van der Waals surface area contributed by atoms with Gasteiger partial charge in [-0.05, 0) is 36.8 Å². The molecule has 4 aromatic carbocycles. The summed E-state index contributed by atoms with van der Waals surface area (Å²) in [6.07, 6.45) is 0. The highest BCUT2D eigenvalue weighted by atomic mass is 19.1. The van der Waals surface area contributed by atoms with Crippen molar-refractivity contribution >= 4 is 0 Å². The number of rotatable bonds is 5. The van der Waals surface area contributed by atoms with Crippen molar-refractivity contribution in [2.75, 3.05) is 0 Å². The van der Waals surface area contributed by atoms with Crippen LogP contribution in [0.15, 0.2) is 109 Å². The predicted octanol–water partition coefficient (Wildman–Crippen LogP) is 7.38. The summed E-state index contributed by atoms with van der Waals surface area (Å²) in [7, 11) is 0. The second kappa shape index (κ2) is 8.64. The van der Waals surface area contributed by atoms with Gasteiger partial charge in [-0.15, -0.1) is 0 Å². The van der Waals surface area contributed by atoms with E-state index in [4.69, 9.17) is 4.98 Å².